The van der Waals surface area contributed by atoms with E-state index < -0.39 is 0 Å². The molecule has 0 N–H and O–H groups in total. The van der Waals surface area contributed by atoms with Crippen molar-refractivity contribution in [3.63, 3.8) is 0 Å². The summed E-state index contributed by atoms with van der Waals surface area (Å²) in [4.78, 5) is 21.9. The number of fused-ring (bicyclic) bond motifs is 2. The summed E-state index contributed by atoms with van der Waals surface area (Å²) in [6, 6.07) is 17.4. The highest BCUT2D eigenvalue weighted by atomic mass is 16.5. The number of para-hydroxylation sites is 1. The van der Waals surface area contributed by atoms with Crippen molar-refractivity contribution in [2.24, 2.45) is 0 Å². The molecule has 4 aromatic rings. The number of aromatic nitrogens is 2. The van der Waals surface area contributed by atoms with Gasteiger partial charge in [0.05, 0.1) is 17.3 Å². The highest BCUT2D eigenvalue weighted by Gasteiger charge is 2.25. The standard InChI is InChI=1S/C23H18N2O3/c26-23(27-14-21-24-13-20(28-21)15-7-2-1-3-8-15)22-16-9-4-5-11-18(16)25-19-12-6-10-17(19)22/h1-5,7-9,11,13H,6,10,12,14H2. The van der Waals surface area contributed by atoms with Gasteiger partial charge in [0.2, 0.25) is 5.89 Å². The smallest absolute Gasteiger partial charge is 0.339 e. The molecule has 0 saturated carbocycles. The molecular formula is C23H18N2O3. The van der Waals surface area contributed by atoms with Gasteiger partial charge in [-0.25, -0.2) is 9.78 Å². The third-order valence-corrected chi connectivity index (χ3v) is 5.06. The predicted molar refractivity (Wildman–Crippen MR) is 105 cm³/mol. The summed E-state index contributed by atoms with van der Waals surface area (Å²) in [7, 11) is 0. The number of carbonyl (C=O) groups excluding carboxylic acids is 1. The lowest BCUT2D eigenvalue weighted by atomic mass is 10.0. The van der Waals surface area contributed by atoms with Crippen LogP contribution in [-0.4, -0.2) is 15.9 Å². The van der Waals surface area contributed by atoms with E-state index in [1.165, 1.54) is 0 Å². The molecule has 138 valence electrons. The summed E-state index contributed by atoms with van der Waals surface area (Å²) in [6.45, 7) is -0.00289. The maximum atomic E-state index is 12.9. The number of carbonyl (C=O) groups is 1. The second-order valence-corrected chi connectivity index (χ2v) is 6.84. The van der Waals surface area contributed by atoms with Gasteiger partial charge in [-0.2, -0.15) is 0 Å². The first kappa shape index (κ1) is 16.7. The Morgan fingerprint density at radius 2 is 1.86 bits per heavy atom. The van der Waals surface area contributed by atoms with E-state index in [0.717, 1.165) is 47.0 Å². The number of hydrogen-bond donors (Lipinski definition) is 0. The average molecular weight is 370 g/mol. The fourth-order valence-corrected chi connectivity index (χ4v) is 3.76. The number of esters is 1. The highest BCUT2D eigenvalue weighted by Crippen LogP contribution is 2.30. The van der Waals surface area contributed by atoms with Gasteiger partial charge in [0.1, 0.15) is 0 Å². The van der Waals surface area contributed by atoms with Crippen molar-refractivity contribution < 1.29 is 13.9 Å². The maximum absolute atomic E-state index is 12.9. The molecule has 2 heterocycles. The molecule has 0 aliphatic heterocycles. The van der Waals surface area contributed by atoms with E-state index in [1.807, 2.05) is 54.6 Å². The van der Waals surface area contributed by atoms with Crippen LogP contribution >= 0.6 is 0 Å². The summed E-state index contributed by atoms with van der Waals surface area (Å²) < 4.78 is 11.3. The third-order valence-electron chi connectivity index (χ3n) is 5.06. The molecular weight excluding hydrogens is 352 g/mol. The largest absolute Gasteiger partial charge is 0.452 e. The van der Waals surface area contributed by atoms with Crippen molar-refractivity contribution in [2.75, 3.05) is 0 Å². The number of ether oxygens (including phenoxy) is 1. The molecule has 2 aromatic carbocycles. The van der Waals surface area contributed by atoms with Gasteiger partial charge in [-0.3, -0.25) is 4.98 Å². The Morgan fingerprint density at radius 3 is 2.75 bits per heavy atom. The zero-order chi connectivity index (χ0) is 18.9. The molecule has 28 heavy (non-hydrogen) atoms. The van der Waals surface area contributed by atoms with Crippen LogP contribution in [0, 0.1) is 0 Å². The van der Waals surface area contributed by atoms with Crippen LogP contribution in [-0.2, 0) is 24.2 Å². The Labute approximate surface area is 162 Å². The summed E-state index contributed by atoms with van der Waals surface area (Å²) in [6.07, 6.45) is 4.42. The van der Waals surface area contributed by atoms with Crippen LogP contribution in [0.1, 0.15) is 33.9 Å². The minimum atomic E-state index is -0.351. The summed E-state index contributed by atoms with van der Waals surface area (Å²) in [5.74, 6) is 0.681. The van der Waals surface area contributed by atoms with Gasteiger partial charge in [-0.05, 0) is 30.9 Å². The fraction of sp³-hybridized carbons (Fsp3) is 0.174. The number of pyridine rings is 1. The summed E-state index contributed by atoms with van der Waals surface area (Å²) >= 11 is 0. The highest BCUT2D eigenvalue weighted by molar-refractivity contribution is 6.05. The van der Waals surface area contributed by atoms with E-state index in [0.29, 0.717) is 17.2 Å². The van der Waals surface area contributed by atoms with Crippen LogP contribution in [0.4, 0.5) is 0 Å². The molecule has 0 spiro atoms. The van der Waals surface area contributed by atoms with E-state index in [-0.39, 0.29) is 12.6 Å². The summed E-state index contributed by atoms with van der Waals surface area (Å²) in [5, 5.41) is 0.838. The second-order valence-electron chi connectivity index (χ2n) is 6.84. The fourth-order valence-electron chi connectivity index (χ4n) is 3.76. The van der Waals surface area contributed by atoms with Gasteiger partial charge < -0.3 is 9.15 Å². The topological polar surface area (TPSA) is 65.2 Å². The number of aryl methyl sites for hydroxylation is 1. The van der Waals surface area contributed by atoms with Crippen LogP contribution in [0.3, 0.4) is 0 Å². The van der Waals surface area contributed by atoms with Gasteiger partial charge >= 0.3 is 5.97 Å². The predicted octanol–water partition coefficient (Wildman–Crippen LogP) is 4.74. The molecule has 1 aliphatic rings. The van der Waals surface area contributed by atoms with Crippen molar-refractivity contribution in [1.29, 1.82) is 0 Å². The molecule has 1 aliphatic carbocycles. The average Bonchev–Trinajstić information content (AvgIpc) is 3.40. The first-order valence-corrected chi connectivity index (χ1v) is 9.37. The number of oxazole rings is 1. The number of benzene rings is 2. The van der Waals surface area contributed by atoms with Crippen LogP contribution in [0.5, 0.6) is 0 Å². The lowest BCUT2D eigenvalue weighted by Crippen LogP contribution is -2.10. The normalized spacial score (nSPS) is 12.9. The van der Waals surface area contributed by atoms with E-state index in [9.17, 15) is 4.79 Å². The van der Waals surface area contributed by atoms with Gasteiger partial charge in [0.25, 0.3) is 0 Å². The van der Waals surface area contributed by atoms with Gasteiger partial charge in [-0.15, -0.1) is 0 Å². The van der Waals surface area contributed by atoms with Crippen molar-refractivity contribution in [3.8, 4) is 11.3 Å². The Hall–Kier alpha value is -3.47. The van der Waals surface area contributed by atoms with Gasteiger partial charge in [0, 0.05) is 16.6 Å². The SMILES string of the molecule is O=C(OCc1ncc(-c2ccccc2)o1)c1c2c(nc3ccccc13)CCC2. The molecule has 2 aromatic heterocycles. The van der Waals surface area contributed by atoms with E-state index in [4.69, 9.17) is 14.1 Å². The molecule has 5 rings (SSSR count). The van der Waals surface area contributed by atoms with Crippen molar-refractivity contribution in [1.82, 2.24) is 9.97 Å². The molecule has 0 amide bonds. The van der Waals surface area contributed by atoms with E-state index in [2.05, 4.69) is 4.98 Å². The van der Waals surface area contributed by atoms with Crippen molar-refractivity contribution in [2.45, 2.75) is 25.9 Å². The minimum Gasteiger partial charge on any atom is -0.452 e. The minimum absolute atomic E-state index is 0.00289. The van der Waals surface area contributed by atoms with Crippen LogP contribution in [0.15, 0.2) is 65.2 Å². The third kappa shape index (κ3) is 2.95. The summed E-state index contributed by atoms with van der Waals surface area (Å²) in [5.41, 5.74) is 4.42. The molecule has 5 heteroatoms. The molecule has 0 fully saturated rings. The molecule has 0 saturated heterocycles. The Kier molecular flexibility index (Phi) is 4.13. The molecule has 0 radical (unpaired) electrons. The maximum Gasteiger partial charge on any atom is 0.339 e. The number of rotatable bonds is 4. The van der Waals surface area contributed by atoms with Crippen LogP contribution in [0.2, 0.25) is 0 Å². The quantitative estimate of drug-likeness (QED) is 0.486. The van der Waals surface area contributed by atoms with Crippen LogP contribution < -0.4 is 0 Å². The number of hydrogen-bond acceptors (Lipinski definition) is 5. The first-order chi connectivity index (χ1) is 13.8. The van der Waals surface area contributed by atoms with Gasteiger partial charge in [0.15, 0.2) is 12.4 Å². The monoisotopic (exact) mass is 370 g/mol. The second kappa shape index (κ2) is 6.93. The molecule has 0 atom stereocenters. The van der Waals surface area contributed by atoms with Crippen molar-refractivity contribution >= 4 is 16.9 Å². The van der Waals surface area contributed by atoms with E-state index in [1.54, 1.807) is 6.20 Å². The zero-order valence-electron chi connectivity index (χ0n) is 15.2. The Morgan fingerprint density at radius 1 is 1.04 bits per heavy atom. The number of nitrogens with zero attached hydrogens (tertiary/aromatic N) is 2. The lowest BCUT2D eigenvalue weighted by Gasteiger charge is -2.11. The van der Waals surface area contributed by atoms with Crippen LogP contribution in [0.25, 0.3) is 22.2 Å². The Balaban J connectivity index is 1.41. The van der Waals surface area contributed by atoms with Gasteiger partial charge in [-0.1, -0.05) is 48.5 Å². The Bertz CT molecular complexity index is 1170. The molecule has 5 nitrogen and oxygen atoms in total. The van der Waals surface area contributed by atoms with E-state index >= 15 is 0 Å². The molecule has 0 unspecified atom stereocenters. The lowest BCUT2D eigenvalue weighted by molar-refractivity contribution is 0.0440. The molecule has 0 bridgehead atoms. The van der Waals surface area contributed by atoms with Crippen molar-refractivity contribution in [3.05, 3.63) is 83.5 Å². The zero-order valence-corrected chi connectivity index (χ0v) is 15.2. The first-order valence-electron chi connectivity index (χ1n) is 9.37.